The zero-order valence-corrected chi connectivity index (χ0v) is 18.6. The number of aliphatic imine (C=N–C) groups is 1. The number of nitrogens with zero attached hydrogens (tertiary/aromatic N) is 2. The van der Waals surface area contributed by atoms with Crippen LogP contribution in [0.5, 0.6) is 5.75 Å². The molecule has 2 atom stereocenters. The number of guanidine groups is 1. The van der Waals surface area contributed by atoms with E-state index in [-0.39, 0.29) is 17.6 Å². The highest BCUT2D eigenvalue weighted by Gasteiger charge is 2.38. The van der Waals surface area contributed by atoms with E-state index in [1.165, 1.54) is 18.4 Å². The summed E-state index contributed by atoms with van der Waals surface area (Å²) in [6.45, 7) is 7.10. The smallest absolute Gasteiger partial charge is 0.194 e. The third kappa shape index (κ3) is 4.59. The molecular weight excluding hydrogens is 378 g/mol. The summed E-state index contributed by atoms with van der Waals surface area (Å²) in [7, 11) is 1.77. The number of hydrogen-bond acceptors (Lipinski definition) is 4. The fourth-order valence-electron chi connectivity index (χ4n) is 5.29. The van der Waals surface area contributed by atoms with Crippen molar-refractivity contribution in [2.45, 2.75) is 63.1 Å². The van der Waals surface area contributed by atoms with Crippen molar-refractivity contribution in [2.24, 2.45) is 4.99 Å². The van der Waals surface area contributed by atoms with Crippen LogP contribution in [-0.4, -0.2) is 69.6 Å². The molecule has 3 fully saturated rings. The van der Waals surface area contributed by atoms with Crippen LogP contribution in [0.25, 0.3) is 0 Å². The number of ether oxygens (including phenoxy) is 3. The number of methoxy groups -OCH3 is 1. The number of morpholine rings is 1. The first-order valence-corrected chi connectivity index (χ1v) is 11.7. The average Bonchev–Trinajstić information content (AvgIpc) is 3.50. The molecule has 0 amide bonds. The minimum atomic E-state index is 0.0630. The first kappa shape index (κ1) is 21.4. The highest BCUT2D eigenvalue weighted by molar-refractivity contribution is 5.80. The Morgan fingerprint density at radius 2 is 1.97 bits per heavy atom. The molecule has 2 saturated heterocycles. The fourth-order valence-corrected chi connectivity index (χ4v) is 5.29. The lowest BCUT2D eigenvalue weighted by Crippen LogP contribution is -2.53. The Kier molecular flexibility index (Phi) is 7.16. The fraction of sp³-hybridized carbons (Fsp3) is 0.708. The second-order valence-electron chi connectivity index (χ2n) is 8.76. The topological polar surface area (TPSA) is 55.3 Å². The molecule has 3 aliphatic rings. The number of para-hydroxylation sites is 1. The molecule has 2 heterocycles. The van der Waals surface area contributed by atoms with Crippen LogP contribution in [-0.2, 0) is 14.9 Å². The van der Waals surface area contributed by atoms with Gasteiger partial charge in [0.25, 0.3) is 0 Å². The van der Waals surface area contributed by atoms with Crippen LogP contribution in [0.3, 0.4) is 0 Å². The van der Waals surface area contributed by atoms with Gasteiger partial charge in [0.2, 0.25) is 0 Å². The van der Waals surface area contributed by atoms with Gasteiger partial charge in [-0.2, -0.15) is 0 Å². The predicted octanol–water partition coefficient (Wildman–Crippen LogP) is 3.35. The third-order valence-electron chi connectivity index (χ3n) is 6.88. The maximum Gasteiger partial charge on any atom is 0.194 e. The van der Waals surface area contributed by atoms with Gasteiger partial charge in [0.05, 0.1) is 26.4 Å². The molecule has 6 nitrogen and oxygen atoms in total. The molecule has 0 bridgehead atoms. The Morgan fingerprint density at radius 1 is 1.17 bits per heavy atom. The Bertz CT molecular complexity index is 711. The van der Waals surface area contributed by atoms with E-state index in [9.17, 15) is 0 Å². The molecule has 1 aromatic carbocycles. The summed E-state index contributed by atoms with van der Waals surface area (Å²) in [5.41, 5.74) is 1.37. The Labute approximate surface area is 181 Å². The van der Waals surface area contributed by atoms with E-state index in [0.29, 0.717) is 0 Å². The van der Waals surface area contributed by atoms with Crippen LogP contribution < -0.4 is 10.1 Å². The van der Waals surface area contributed by atoms with Crippen LogP contribution >= 0.6 is 0 Å². The van der Waals surface area contributed by atoms with Crippen molar-refractivity contribution in [3.8, 4) is 5.75 Å². The molecule has 30 heavy (non-hydrogen) atoms. The molecule has 4 rings (SSSR count). The predicted molar refractivity (Wildman–Crippen MR) is 119 cm³/mol. The monoisotopic (exact) mass is 415 g/mol. The lowest BCUT2D eigenvalue weighted by Gasteiger charge is -2.38. The highest BCUT2D eigenvalue weighted by Crippen LogP contribution is 2.45. The zero-order chi connectivity index (χ0) is 20.8. The van der Waals surface area contributed by atoms with Crippen molar-refractivity contribution in [3.63, 3.8) is 0 Å². The number of rotatable bonds is 6. The zero-order valence-electron chi connectivity index (χ0n) is 18.6. The molecule has 6 heteroatoms. The molecular formula is C24H37N3O3. The minimum Gasteiger partial charge on any atom is -0.496 e. The number of nitrogens with one attached hydrogen (secondary N) is 1. The Morgan fingerprint density at radius 3 is 2.70 bits per heavy atom. The molecule has 2 aliphatic heterocycles. The van der Waals surface area contributed by atoms with Crippen LogP contribution in [0.4, 0.5) is 0 Å². The lowest BCUT2D eigenvalue weighted by molar-refractivity contribution is -0.0817. The largest absolute Gasteiger partial charge is 0.496 e. The lowest BCUT2D eigenvalue weighted by atomic mass is 9.78. The van der Waals surface area contributed by atoms with Crippen molar-refractivity contribution in [3.05, 3.63) is 29.8 Å². The van der Waals surface area contributed by atoms with Crippen molar-refractivity contribution < 1.29 is 14.2 Å². The summed E-state index contributed by atoms with van der Waals surface area (Å²) in [5.74, 6) is 1.99. The van der Waals surface area contributed by atoms with Gasteiger partial charge in [-0.05, 0) is 38.7 Å². The molecule has 1 aromatic rings. The van der Waals surface area contributed by atoms with Crippen molar-refractivity contribution in [1.82, 2.24) is 10.2 Å². The summed E-state index contributed by atoms with van der Waals surface area (Å²) in [5, 5.41) is 3.53. The second-order valence-corrected chi connectivity index (χ2v) is 8.76. The van der Waals surface area contributed by atoms with Gasteiger partial charge in [0.15, 0.2) is 5.96 Å². The molecule has 1 N–H and O–H groups in total. The van der Waals surface area contributed by atoms with E-state index in [1.807, 2.05) is 0 Å². The van der Waals surface area contributed by atoms with Gasteiger partial charge in [-0.1, -0.05) is 31.0 Å². The third-order valence-corrected chi connectivity index (χ3v) is 6.88. The summed E-state index contributed by atoms with van der Waals surface area (Å²) in [6, 6.07) is 8.49. The maximum absolute atomic E-state index is 6.05. The van der Waals surface area contributed by atoms with Gasteiger partial charge < -0.3 is 24.4 Å². The van der Waals surface area contributed by atoms with E-state index in [0.717, 1.165) is 76.8 Å². The van der Waals surface area contributed by atoms with E-state index in [1.54, 1.807) is 7.11 Å². The van der Waals surface area contributed by atoms with Crippen LogP contribution in [0.15, 0.2) is 29.3 Å². The Hall–Kier alpha value is -1.79. The van der Waals surface area contributed by atoms with Gasteiger partial charge in [0.1, 0.15) is 11.9 Å². The van der Waals surface area contributed by atoms with Crippen LogP contribution in [0, 0.1) is 0 Å². The molecule has 1 aliphatic carbocycles. The SMILES string of the molecule is CCNC(=NCC1(c2ccccc2OC)CCCC1)N1CCOC(C2CCCO2)C1. The molecule has 0 aromatic heterocycles. The first-order valence-electron chi connectivity index (χ1n) is 11.7. The molecule has 1 saturated carbocycles. The maximum atomic E-state index is 6.05. The summed E-state index contributed by atoms with van der Waals surface area (Å²) >= 11 is 0. The number of hydrogen-bond donors (Lipinski definition) is 1. The van der Waals surface area contributed by atoms with Crippen molar-refractivity contribution >= 4 is 5.96 Å². The van der Waals surface area contributed by atoms with Gasteiger partial charge in [0, 0.05) is 37.2 Å². The average molecular weight is 416 g/mol. The van der Waals surface area contributed by atoms with Crippen LogP contribution in [0.1, 0.15) is 51.0 Å². The summed E-state index contributed by atoms with van der Waals surface area (Å²) in [4.78, 5) is 7.55. The quantitative estimate of drug-likeness (QED) is 0.570. The van der Waals surface area contributed by atoms with Gasteiger partial charge >= 0.3 is 0 Å². The van der Waals surface area contributed by atoms with E-state index >= 15 is 0 Å². The second kappa shape index (κ2) is 10.0. The number of benzene rings is 1. The normalized spacial score (nSPS) is 26.7. The summed E-state index contributed by atoms with van der Waals surface area (Å²) < 4.78 is 17.7. The first-order chi connectivity index (χ1) is 14.8. The summed E-state index contributed by atoms with van der Waals surface area (Å²) in [6.07, 6.45) is 7.44. The standard InChI is InChI=1S/C24H37N3O3/c1-3-25-23(27-14-16-30-22(17-27)21-11-8-15-29-21)26-18-24(12-6-7-13-24)19-9-4-5-10-20(19)28-2/h4-5,9-10,21-22H,3,6-8,11-18H2,1-2H3,(H,25,26). The molecule has 0 radical (unpaired) electrons. The molecule has 166 valence electrons. The minimum absolute atomic E-state index is 0.0630. The van der Waals surface area contributed by atoms with Gasteiger partial charge in [-0.15, -0.1) is 0 Å². The van der Waals surface area contributed by atoms with Gasteiger partial charge in [-0.25, -0.2) is 0 Å². The van der Waals surface area contributed by atoms with Crippen molar-refractivity contribution in [1.29, 1.82) is 0 Å². The van der Waals surface area contributed by atoms with E-state index in [4.69, 9.17) is 19.2 Å². The Balaban J connectivity index is 1.53. The van der Waals surface area contributed by atoms with Gasteiger partial charge in [-0.3, -0.25) is 4.99 Å². The van der Waals surface area contributed by atoms with Crippen LogP contribution in [0.2, 0.25) is 0 Å². The molecule has 2 unspecified atom stereocenters. The van der Waals surface area contributed by atoms with Crippen molar-refractivity contribution in [2.75, 3.05) is 46.5 Å². The molecule has 0 spiro atoms. The van der Waals surface area contributed by atoms with E-state index < -0.39 is 0 Å². The highest BCUT2D eigenvalue weighted by atomic mass is 16.5. The van der Waals surface area contributed by atoms with E-state index in [2.05, 4.69) is 41.4 Å².